The Morgan fingerprint density at radius 1 is 1.11 bits per heavy atom. The largest absolute Gasteiger partial charge is 0.288 e. The Morgan fingerprint density at radius 3 is 2.37 bits per heavy atom. The van der Waals surface area contributed by atoms with Crippen molar-refractivity contribution in [3.63, 3.8) is 0 Å². The second-order valence-corrected chi connectivity index (χ2v) is 7.35. The zero-order chi connectivity index (χ0) is 13.6. The summed E-state index contributed by atoms with van der Waals surface area (Å²) in [5, 5.41) is 0.375. The average molecular weight is 289 g/mol. The van der Waals surface area contributed by atoms with Gasteiger partial charge in [-0.2, -0.15) is 0 Å². The van der Waals surface area contributed by atoms with E-state index in [9.17, 15) is 9.59 Å². The maximum atomic E-state index is 12.4. The second kappa shape index (κ2) is 4.58. The summed E-state index contributed by atoms with van der Waals surface area (Å²) in [7, 11) is 0. The van der Waals surface area contributed by atoms with Gasteiger partial charge in [-0.15, -0.1) is 11.3 Å². The molecule has 1 aliphatic carbocycles. The van der Waals surface area contributed by atoms with E-state index in [0.717, 1.165) is 4.34 Å². The standard InChI is InChI=1S/C14H11NO2S2/c1-7(2)18-14-15-10-11(16)8-5-3-4-6-9(8)12(17)13(10)19-14/h3-7H,1-2H3. The summed E-state index contributed by atoms with van der Waals surface area (Å²) in [5.74, 6) is -0.227. The number of hydrogen-bond acceptors (Lipinski definition) is 5. The minimum absolute atomic E-state index is 0.0849. The SMILES string of the molecule is CC(C)Sc1nc2c(s1)C(=O)c1ccccc1C2=O. The van der Waals surface area contributed by atoms with Crippen LogP contribution in [-0.2, 0) is 0 Å². The molecule has 0 saturated carbocycles. The van der Waals surface area contributed by atoms with Gasteiger partial charge in [0.25, 0.3) is 0 Å². The van der Waals surface area contributed by atoms with Crippen LogP contribution in [0.2, 0.25) is 0 Å². The summed E-state index contributed by atoms with van der Waals surface area (Å²) in [6, 6.07) is 6.94. The molecule has 1 heterocycles. The highest BCUT2D eigenvalue weighted by Crippen LogP contribution is 2.35. The first-order valence-electron chi connectivity index (χ1n) is 5.94. The Morgan fingerprint density at radius 2 is 1.74 bits per heavy atom. The lowest BCUT2D eigenvalue weighted by Gasteiger charge is -2.11. The number of thioether (sulfide) groups is 1. The number of carbonyl (C=O) groups is 2. The molecule has 0 atom stereocenters. The zero-order valence-corrected chi connectivity index (χ0v) is 12.1. The van der Waals surface area contributed by atoms with E-state index in [1.165, 1.54) is 11.3 Å². The minimum Gasteiger partial charge on any atom is -0.288 e. The molecule has 0 unspecified atom stereocenters. The van der Waals surface area contributed by atoms with Crippen molar-refractivity contribution in [3.8, 4) is 0 Å². The molecule has 3 nitrogen and oxygen atoms in total. The van der Waals surface area contributed by atoms with Crippen LogP contribution >= 0.6 is 23.1 Å². The van der Waals surface area contributed by atoms with Gasteiger partial charge < -0.3 is 0 Å². The number of fused-ring (bicyclic) bond motifs is 2. The molecule has 0 N–H and O–H groups in total. The van der Waals surface area contributed by atoms with E-state index >= 15 is 0 Å². The minimum atomic E-state index is -0.142. The monoisotopic (exact) mass is 289 g/mol. The highest BCUT2D eigenvalue weighted by molar-refractivity contribution is 8.01. The number of carbonyl (C=O) groups excluding carboxylic acids is 2. The zero-order valence-electron chi connectivity index (χ0n) is 10.5. The lowest BCUT2D eigenvalue weighted by molar-refractivity contribution is 0.0979. The third-order valence-corrected chi connectivity index (χ3v) is 4.93. The molecule has 0 amide bonds. The van der Waals surface area contributed by atoms with Crippen molar-refractivity contribution in [3.05, 3.63) is 46.0 Å². The highest BCUT2D eigenvalue weighted by Gasteiger charge is 2.33. The third-order valence-electron chi connectivity index (χ3n) is 2.78. The van der Waals surface area contributed by atoms with Gasteiger partial charge in [0.05, 0.1) is 0 Å². The number of hydrogen-bond donors (Lipinski definition) is 0. The molecular formula is C14H11NO2S2. The van der Waals surface area contributed by atoms with Gasteiger partial charge in [-0.1, -0.05) is 49.9 Å². The smallest absolute Gasteiger partial charge is 0.213 e. The molecule has 0 fully saturated rings. The van der Waals surface area contributed by atoms with Crippen LogP contribution < -0.4 is 0 Å². The first kappa shape index (κ1) is 12.6. The molecule has 5 heteroatoms. The van der Waals surface area contributed by atoms with Crippen LogP contribution in [0, 0.1) is 0 Å². The van der Waals surface area contributed by atoms with Crippen LogP contribution in [0.3, 0.4) is 0 Å². The number of aromatic nitrogens is 1. The molecule has 0 saturated heterocycles. The Balaban J connectivity index is 2.12. The molecular weight excluding hydrogens is 278 g/mol. The van der Waals surface area contributed by atoms with Crippen molar-refractivity contribution in [2.45, 2.75) is 23.4 Å². The Kier molecular flexibility index (Phi) is 3.03. The second-order valence-electron chi connectivity index (χ2n) is 4.53. The van der Waals surface area contributed by atoms with Gasteiger partial charge in [-0.25, -0.2) is 4.98 Å². The van der Waals surface area contributed by atoms with Crippen molar-refractivity contribution in [1.82, 2.24) is 4.98 Å². The highest BCUT2D eigenvalue weighted by atomic mass is 32.2. The van der Waals surface area contributed by atoms with Gasteiger partial charge in [0.15, 0.2) is 4.34 Å². The Hall–Kier alpha value is -1.46. The summed E-state index contributed by atoms with van der Waals surface area (Å²) in [5.41, 5.74) is 1.27. The van der Waals surface area contributed by atoms with E-state index < -0.39 is 0 Å². The lowest BCUT2D eigenvalue weighted by atomic mass is 9.92. The van der Waals surface area contributed by atoms with Crippen LogP contribution in [0.1, 0.15) is 45.1 Å². The maximum Gasteiger partial charge on any atom is 0.213 e. The lowest BCUT2D eigenvalue weighted by Crippen LogP contribution is -2.19. The maximum absolute atomic E-state index is 12.4. The van der Waals surface area contributed by atoms with Crippen LogP contribution in [-0.4, -0.2) is 21.8 Å². The van der Waals surface area contributed by atoms with Gasteiger partial charge in [0.2, 0.25) is 11.6 Å². The summed E-state index contributed by atoms with van der Waals surface area (Å²) in [6.07, 6.45) is 0. The molecule has 0 bridgehead atoms. The molecule has 3 rings (SSSR count). The Labute approximate surface area is 119 Å². The van der Waals surface area contributed by atoms with Gasteiger partial charge in [0, 0.05) is 16.4 Å². The van der Waals surface area contributed by atoms with Gasteiger partial charge >= 0.3 is 0 Å². The van der Waals surface area contributed by atoms with E-state index in [4.69, 9.17) is 0 Å². The summed E-state index contributed by atoms with van der Waals surface area (Å²) >= 11 is 2.90. The molecule has 2 aromatic rings. The van der Waals surface area contributed by atoms with E-state index in [1.807, 2.05) is 0 Å². The topological polar surface area (TPSA) is 47.0 Å². The first-order chi connectivity index (χ1) is 9.08. The van der Waals surface area contributed by atoms with Gasteiger partial charge in [-0.3, -0.25) is 9.59 Å². The molecule has 0 radical (unpaired) electrons. The number of nitrogens with zero attached hydrogens (tertiary/aromatic N) is 1. The Bertz CT molecular complexity index is 636. The van der Waals surface area contributed by atoms with Gasteiger partial charge in [-0.05, 0) is 0 Å². The van der Waals surface area contributed by atoms with E-state index in [0.29, 0.717) is 26.9 Å². The average Bonchev–Trinajstić information content (AvgIpc) is 2.79. The van der Waals surface area contributed by atoms with Crippen molar-refractivity contribution in [2.75, 3.05) is 0 Å². The summed E-state index contributed by atoms with van der Waals surface area (Å²) in [6.45, 7) is 4.12. The van der Waals surface area contributed by atoms with Crippen molar-refractivity contribution in [2.24, 2.45) is 0 Å². The fourth-order valence-corrected chi connectivity index (χ4v) is 4.31. The number of benzene rings is 1. The number of ketones is 2. The van der Waals surface area contributed by atoms with Crippen molar-refractivity contribution >= 4 is 34.7 Å². The predicted octanol–water partition coefficient (Wildman–Crippen LogP) is 3.42. The fraction of sp³-hybridized carbons (Fsp3) is 0.214. The molecule has 1 aromatic carbocycles. The fourth-order valence-electron chi connectivity index (χ4n) is 1.99. The molecule has 96 valence electrons. The predicted molar refractivity (Wildman–Crippen MR) is 76.4 cm³/mol. The molecule has 1 aromatic heterocycles. The summed E-state index contributed by atoms with van der Waals surface area (Å²) in [4.78, 5) is 29.5. The quantitative estimate of drug-likeness (QED) is 0.678. The molecule has 19 heavy (non-hydrogen) atoms. The van der Waals surface area contributed by atoms with E-state index in [2.05, 4.69) is 18.8 Å². The molecule has 0 spiro atoms. The normalized spacial score (nSPS) is 13.6. The van der Waals surface area contributed by atoms with Crippen LogP contribution in [0.15, 0.2) is 28.6 Å². The summed E-state index contributed by atoms with van der Waals surface area (Å²) < 4.78 is 0.787. The van der Waals surface area contributed by atoms with E-state index in [-0.39, 0.29) is 11.6 Å². The third kappa shape index (κ3) is 2.03. The van der Waals surface area contributed by atoms with E-state index in [1.54, 1.807) is 36.0 Å². The van der Waals surface area contributed by atoms with Crippen LogP contribution in [0.4, 0.5) is 0 Å². The van der Waals surface area contributed by atoms with Gasteiger partial charge in [0.1, 0.15) is 10.6 Å². The molecule has 0 aliphatic heterocycles. The van der Waals surface area contributed by atoms with Crippen LogP contribution in [0.5, 0.6) is 0 Å². The first-order valence-corrected chi connectivity index (χ1v) is 7.63. The number of thiazole rings is 1. The molecule has 1 aliphatic rings. The van der Waals surface area contributed by atoms with Crippen molar-refractivity contribution in [1.29, 1.82) is 0 Å². The number of rotatable bonds is 2. The van der Waals surface area contributed by atoms with Crippen LogP contribution in [0.25, 0.3) is 0 Å². The van der Waals surface area contributed by atoms with Crippen molar-refractivity contribution < 1.29 is 9.59 Å².